The van der Waals surface area contributed by atoms with Crippen LogP contribution in [0.4, 0.5) is 0 Å². The number of halogens is 1. The average Bonchev–Trinajstić information content (AvgIpc) is 2.45. The SMILES string of the molecule is CCOc1ccc(C(=O)NCC2(N)CCC2)cc1OCC.Cl. The zero-order chi connectivity index (χ0) is 15.3. The Hall–Kier alpha value is -1.46. The van der Waals surface area contributed by atoms with Gasteiger partial charge in [-0.3, -0.25) is 4.79 Å². The molecule has 1 aliphatic rings. The topological polar surface area (TPSA) is 73.6 Å². The summed E-state index contributed by atoms with van der Waals surface area (Å²) in [5.41, 5.74) is 6.45. The van der Waals surface area contributed by atoms with Crippen molar-refractivity contribution in [1.29, 1.82) is 0 Å². The number of benzene rings is 1. The van der Waals surface area contributed by atoms with E-state index in [1.54, 1.807) is 18.2 Å². The summed E-state index contributed by atoms with van der Waals surface area (Å²) in [6.45, 7) is 5.41. The van der Waals surface area contributed by atoms with Crippen LogP contribution < -0.4 is 20.5 Å². The van der Waals surface area contributed by atoms with Crippen molar-refractivity contribution in [2.24, 2.45) is 5.73 Å². The highest BCUT2D eigenvalue weighted by Gasteiger charge is 2.32. The quantitative estimate of drug-likeness (QED) is 0.806. The summed E-state index contributed by atoms with van der Waals surface area (Å²) in [6.07, 6.45) is 3.09. The molecule has 0 aromatic heterocycles. The van der Waals surface area contributed by atoms with E-state index in [9.17, 15) is 4.79 Å². The van der Waals surface area contributed by atoms with Crippen LogP contribution in [0.2, 0.25) is 0 Å². The van der Waals surface area contributed by atoms with E-state index in [0.717, 1.165) is 19.3 Å². The lowest BCUT2D eigenvalue weighted by molar-refractivity contribution is 0.0929. The van der Waals surface area contributed by atoms with Gasteiger partial charge in [0.25, 0.3) is 5.91 Å². The zero-order valence-electron chi connectivity index (χ0n) is 13.2. The Morgan fingerprint density at radius 1 is 1.23 bits per heavy atom. The molecule has 0 bridgehead atoms. The van der Waals surface area contributed by atoms with Crippen LogP contribution in [0.1, 0.15) is 43.5 Å². The lowest BCUT2D eigenvalue weighted by Gasteiger charge is -2.38. The molecule has 0 unspecified atom stereocenters. The van der Waals surface area contributed by atoms with Gasteiger partial charge < -0.3 is 20.5 Å². The Bertz CT molecular complexity index is 504. The van der Waals surface area contributed by atoms with Gasteiger partial charge in [0.05, 0.1) is 13.2 Å². The maximum Gasteiger partial charge on any atom is 0.251 e. The van der Waals surface area contributed by atoms with Gasteiger partial charge in [0.2, 0.25) is 0 Å². The second-order valence-corrected chi connectivity index (χ2v) is 5.43. The summed E-state index contributed by atoms with van der Waals surface area (Å²) in [4.78, 5) is 12.2. The van der Waals surface area contributed by atoms with Crippen molar-refractivity contribution < 1.29 is 14.3 Å². The van der Waals surface area contributed by atoms with Crippen molar-refractivity contribution in [2.45, 2.75) is 38.6 Å². The fourth-order valence-corrected chi connectivity index (χ4v) is 2.36. The molecule has 22 heavy (non-hydrogen) atoms. The van der Waals surface area contributed by atoms with Gasteiger partial charge in [-0.25, -0.2) is 0 Å². The summed E-state index contributed by atoms with van der Waals surface area (Å²) >= 11 is 0. The van der Waals surface area contributed by atoms with Crippen LogP contribution >= 0.6 is 12.4 Å². The largest absolute Gasteiger partial charge is 0.490 e. The highest BCUT2D eigenvalue weighted by Crippen LogP contribution is 2.30. The first-order chi connectivity index (χ1) is 10.1. The third-order valence-electron chi connectivity index (χ3n) is 3.76. The summed E-state index contributed by atoms with van der Waals surface area (Å²) in [6, 6.07) is 5.23. The van der Waals surface area contributed by atoms with Gasteiger partial charge in [-0.15, -0.1) is 12.4 Å². The second-order valence-electron chi connectivity index (χ2n) is 5.43. The van der Waals surface area contributed by atoms with Crippen LogP contribution in [0, 0.1) is 0 Å². The molecular formula is C16H25ClN2O3. The molecule has 124 valence electrons. The first kappa shape index (κ1) is 18.6. The summed E-state index contributed by atoms with van der Waals surface area (Å²) < 4.78 is 11.0. The zero-order valence-corrected chi connectivity index (χ0v) is 14.0. The molecule has 1 saturated carbocycles. The molecule has 2 rings (SSSR count). The number of hydrogen-bond donors (Lipinski definition) is 2. The predicted octanol–water partition coefficient (Wildman–Crippen LogP) is 2.52. The van der Waals surface area contributed by atoms with Gasteiger partial charge in [-0.1, -0.05) is 0 Å². The molecule has 0 saturated heterocycles. The van der Waals surface area contributed by atoms with E-state index in [1.165, 1.54) is 0 Å². The highest BCUT2D eigenvalue weighted by atomic mass is 35.5. The fraction of sp³-hybridized carbons (Fsp3) is 0.562. The van der Waals surface area contributed by atoms with Crippen molar-refractivity contribution >= 4 is 18.3 Å². The van der Waals surface area contributed by atoms with Gasteiger partial charge >= 0.3 is 0 Å². The summed E-state index contributed by atoms with van der Waals surface area (Å²) in [5, 5.41) is 2.90. The molecule has 0 spiro atoms. The normalized spacial score (nSPS) is 15.2. The summed E-state index contributed by atoms with van der Waals surface area (Å²) in [7, 11) is 0. The Balaban J connectivity index is 0.00000242. The van der Waals surface area contributed by atoms with Crippen molar-refractivity contribution in [3.63, 3.8) is 0 Å². The Labute approximate surface area is 138 Å². The number of nitrogens with two attached hydrogens (primary N) is 1. The average molecular weight is 329 g/mol. The molecule has 0 heterocycles. The molecule has 1 amide bonds. The maximum atomic E-state index is 12.2. The standard InChI is InChI=1S/C16H24N2O3.ClH/c1-3-20-13-7-6-12(10-14(13)21-4-2)15(19)18-11-16(17)8-5-9-16;/h6-7,10H,3-5,8-9,11,17H2,1-2H3,(H,18,19);1H. The molecule has 1 aromatic carbocycles. The number of carbonyl (C=O) groups excluding carboxylic acids is 1. The molecule has 0 atom stereocenters. The summed E-state index contributed by atoms with van der Waals surface area (Å²) in [5.74, 6) is 1.12. The molecule has 1 aromatic rings. The predicted molar refractivity (Wildman–Crippen MR) is 89.1 cm³/mol. The Morgan fingerprint density at radius 2 is 1.86 bits per heavy atom. The van der Waals surface area contributed by atoms with E-state index in [4.69, 9.17) is 15.2 Å². The molecule has 0 radical (unpaired) electrons. The van der Waals surface area contributed by atoms with Gasteiger partial charge in [-0.2, -0.15) is 0 Å². The smallest absolute Gasteiger partial charge is 0.251 e. The van der Waals surface area contributed by atoms with E-state index in [2.05, 4.69) is 5.32 Å². The maximum absolute atomic E-state index is 12.2. The Kier molecular flexibility index (Phi) is 6.97. The number of amides is 1. The van der Waals surface area contributed by atoms with E-state index >= 15 is 0 Å². The first-order valence-electron chi connectivity index (χ1n) is 7.54. The monoisotopic (exact) mass is 328 g/mol. The molecule has 1 aliphatic carbocycles. The Morgan fingerprint density at radius 3 is 2.41 bits per heavy atom. The van der Waals surface area contributed by atoms with Crippen LogP contribution in [0.15, 0.2) is 18.2 Å². The second kappa shape index (κ2) is 8.25. The van der Waals surface area contributed by atoms with Gasteiger partial charge in [0.1, 0.15) is 0 Å². The van der Waals surface area contributed by atoms with E-state index in [-0.39, 0.29) is 23.9 Å². The minimum atomic E-state index is -0.219. The van der Waals surface area contributed by atoms with Gasteiger partial charge in [0.15, 0.2) is 11.5 Å². The highest BCUT2D eigenvalue weighted by molar-refractivity contribution is 5.95. The molecule has 3 N–H and O–H groups in total. The van der Waals surface area contributed by atoms with E-state index in [1.807, 2.05) is 13.8 Å². The van der Waals surface area contributed by atoms with Crippen molar-refractivity contribution in [3.05, 3.63) is 23.8 Å². The van der Waals surface area contributed by atoms with Crippen molar-refractivity contribution in [1.82, 2.24) is 5.32 Å². The van der Waals surface area contributed by atoms with Gasteiger partial charge in [0, 0.05) is 17.6 Å². The molecule has 0 aliphatic heterocycles. The molecular weight excluding hydrogens is 304 g/mol. The lowest BCUT2D eigenvalue weighted by atomic mass is 9.78. The molecule has 5 nitrogen and oxygen atoms in total. The number of ether oxygens (including phenoxy) is 2. The van der Waals surface area contributed by atoms with Crippen LogP contribution in [0.5, 0.6) is 11.5 Å². The van der Waals surface area contributed by atoms with Crippen LogP contribution in [0.3, 0.4) is 0 Å². The van der Waals surface area contributed by atoms with Crippen molar-refractivity contribution in [3.8, 4) is 11.5 Å². The number of carbonyl (C=O) groups is 1. The first-order valence-corrected chi connectivity index (χ1v) is 7.54. The van der Waals surface area contributed by atoms with Crippen LogP contribution in [-0.2, 0) is 0 Å². The molecule has 1 fully saturated rings. The molecule has 6 heteroatoms. The van der Waals surface area contributed by atoms with Gasteiger partial charge in [-0.05, 0) is 51.3 Å². The third-order valence-corrected chi connectivity index (χ3v) is 3.76. The van der Waals surface area contributed by atoms with E-state index in [0.29, 0.717) is 36.8 Å². The number of hydrogen-bond acceptors (Lipinski definition) is 4. The lowest BCUT2D eigenvalue weighted by Crippen LogP contribution is -2.54. The third kappa shape index (κ3) is 4.52. The minimum absolute atomic E-state index is 0. The van der Waals surface area contributed by atoms with Crippen molar-refractivity contribution in [2.75, 3.05) is 19.8 Å². The fourth-order valence-electron chi connectivity index (χ4n) is 2.36. The van der Waals surface area contributed by atoms with Crippen LogP contribution in [0.25, 0.3) is 0 Å². The number of rotatable bonds is 7. The number of nitrogens with one attached hydrogen (secondary N) is 1. The minimum Gasteiger partial charge on any atom is -0.490 e. The van der Waals surface area contributed by atoms with Crippen LogP contribution in [-0.4, -0.2) is 31.2 Å². The van der Waals surface area contributed by atoms with E-state index < -0.39 is 0 Å².